The summed E-state index contributed by atoms with van der Waals surface area (Å²) in [5.74, 6) is -0.175. The summed E-state index contributed by atoms with van der Waals surface area (Å²) >= 11 is 3.36. The molecule has 1 fully saturated rings. The van der Waals surface area contributed by atoms with Crippen molar-refractivity contribution in [3.63, 3.8) is 0 Å². The molecule has 0 radical (unpaired) electrons. The molecule has 1 unspecified atom stereocenters. The first-order valence-corrected chi connectivity index (χ1v) is 6.04. The minimum Gasteiger partial charge on any atom is -0.308 e. The Balaban J connectivity index is 2.55. The third-order valence-corrected chi connectivity index (χ3v) is 4.00. The molecule has 1 nitrogen and oxygen atoms in total. The molecule has 0 saturated carbocycles. The highest BCUT2D eigenvalue weighted by Gasteiger charge is 2.33. The van der Waals surface area contributed by atoms with E-state index in [0.29, 0.717) is 4.47 Å². The van der Waals surface area contributed by atoms with E-state index in [1.165, 1.54) is 6.07 Å². The number of benzene rings is 1. The summed E-state index contributed by atoms with van der Waals surface area (Å²) in [7, 11) is 0. The molecule has 82 valence electrons. The Bertz CT molecular complexity index is 383. The maximum Gasteiger partial charge on any atom is 0.137 e. The monoisotopic (exact) mass is 271 g/mol. The van der Waals surface area contributed by atoms with Gasteiger partial charge in [-0.2, -0.15) is 0 Å². The third-order valence-electron chi connectivity index (χ3n) is 3.22. The zero-order valence-electron chi connectivity index (χ0n) is 9.03. The van der Waals surface area contributed by atoms with E-state index in [4.69, 9.17) is 0 Å². The first kappa shape index (κ1) is 11.1. The van der Waals surface area contributed by atoms with Crippen molar-refractivity contribution in [1.82, 2.24) is 5.32 Å². The molecule has 0 spiro atoms. The third kappa shape index (κ3) is 1.83. The van der Waals surface area contributed by atoms with Gasteiger partial charge in [-0.25, -0.2) is 4.39 Å². The van der Waals surface area contributed by atoms with Crippen molar-refractivity contribution in [2.24, 2.45) is 0 Å². The van der Waals surface area contributed by atoms with Crippen LogP contribution in [0.25, 0.3) is 0 Å². The van der Waals surface area contributed by atoms with Gasteiger partial charge in [-0.3, -0.25) is 0 Å². The van der Waals surface area contributed by atoms with Gasteiger partial charge in [0, 0.05) is 5.54 Å². The summed E-state index contributed by atoms with van der Waals surface area (Å²) in [4.78, 5) is 0. The van der Waals surface area contributed by atoms with Crippen molar-refractivity contribution in [2.75, 3.05) is 6.54 Å². The Morgan fingerprint density at radius 1 is 1.47 bits per heavy atom. The number of hydrogen-bond donors (Lipinski definition) is 1. The first-order valence-electron chi connectivity index (χ1n) is 5.25. The Kier molecular flexibility index (Phi) is 2.86. The fourth-order valence-corrected chi connectivity index (χ4v) is 3.32. The normalized spacial score (nSPS) is 25.9. The molecule has 1 aliphatic heterocycles. The Hall–Kier alpha value is -0.410. The van der Waals surface area contributed by atoms with Gasteiger partial charge in [0.2, 0.25) is 0 Å². The summed E-state index contributed by atoms with van der Waals surface area (Å²) in [5.41, 5.74) is 2.13. The lowest BCUT2D eigenvalue weighted by Gasteiger charge is -2.28. The number of aryl methyl sites for hydroxylation is 1. The molecular formula is C12H15BrFN. The number of halogens is 2. The van der Waals surface area contributed by atoms with Gasteiger partial charge in [0.05, 0.1) is 4.47 Å². The average molecular weight is 272 g/mol. The largest absolute Gasteiger partial charge is 0.308 e. The Morgan fingerprint density at radius 2 is 2.20 bits per heavy atom. The summed E-state index contributed by atoms with van der Waals surface area (Å²) in [5, 5.41) is 3.46. The Morgan fingerprint density at radius 3 is 2.80 bits per heavy atom. The summed E-state index contributed by atoms with van der Waals surface area (Å²) in [6, 6.07) is 3.36. The number of nitrogens with one attached hydrogen (secondary N) is 1. The van der Waals surface area contributed by atoms with Crippen molar-refractivity contribution < 1.29 is 4.39 Å². The van der Waals surface area contributed by atoms with Crippen LogP contribution in [0.3, 0.4) is 0 Å². The van der Waals surface area contributed by atoms with Gasteiger partial charge in [0.15, 0.2) is 0 Å². The summed E-state index contributed by atoms with van der Waals surface area (Å²) < 4.78 is 14.1. The van der Waals surface area contributed by atoms with Gasteiger partial charge in [0.1, 0.15) is 5.82 Å². The van der Waals surface area contributed by atoms with Crippen LogP contribution in [0.15, 0.2) is 16.6 Å². The first-order chi connectivity index (χ1) is 7.04. The van der Waals surface area contributed by atoms with Crippen LogP contribution in [0, 0.1) is 12.7 Å². The number of rotatable bonds is 1. The Labute approximate surface area is 98.2 Å². The molecule has 15 heavy (non-hydrogen) atoms. The van der Waals surface area contributed by atoms with E-state index in [2.05, 4.69) is 28.2 Å². The predicted molar refractivity (Wildman–Crippen MR) is 63.4 cm³/mol. The van der Waals surface area contributed by atoms with Crippen LogP contribution in [0.5, 0.6) is 0 Å². The lowest BCUT2D eigenvalue weighted by molar-refractivity contribution is 0.426. The standard InChI is InChI=1S/C12H15BrFN/c1-8-4-5-9(14)11(13)10(8)12(2)6-3-7-15-12/h4-5,15H,3,6-7H2,1-2H3. The number of hydrogen-bond acceptors (Lipinski definition) is 1. The quantitative estimate of drug-likeness (QED) is 0.825. The second kappa shape index (κ2) is 3.87. The molecule has 1 aliphatic rings. The van der Waals surface area contributed by atoms with Gasteiger partial charge in [-0.1, -0.05) is 6.07 Å². The van der Waals surface area contributed by atoms with E-state index in [-0.39, 0.29) is 11.4 Å². The topological polar surface area (TPSA) is 12.0 Å². The van der Waals surface area contributed by atoms with Gasteiger partial charge in [-0.05, 0) is 66.4 Å². The van der Waals surface area contributed by atoms with Crippen LogP contribution < -0.4 is 5.32 Å². The molecule has 1 atom stereocenters. The van der Waals surface area contributed by atoms with E-state index in [1.54, 1.807) is 0 Å². The highest BCUT2D eigenvalue weighted by atomic mass is 79.9. The molecule has 1 aromatic carbocycles. The van der Waals surface area contributed by atoms with E-state index in [0.717, 1.165) is 30.5 Å². The maximum absolute atomic E-state index is 13.5. The van der Waals surface area contributed by atoms with Crippen LogP contribution in [0.1, 0.15) is 30.9 Å². The van der Waals surface area contributed by atoms with Gasteiger partial charge in [-0.15, -0.1) is 0 Å². The molecule has 1 N–H and O–H groups in total. The van der Waals surface area contributed by atoms with Gasteiger partial charge < -0.3 is 5.32 Å². The minimum atomic E-state index is -0.175. The molecule has 2 rings (SSSR count). The average Bonchev–Trinajstić information content (AvgIpc) is 2.60. The second-order valence-corrected chi connectivity index (χ2v) is 5.21. The lowest BCUT2D eigenvalue weighted by Crippen LogP contribution is -2.34. The zero-order valence-corrected chi connectivity index (χ0v) is 10.6. The zero-order chi connectivity index (χ0) is 11.1. The SMILES string of the molecule is Cc1ccc(F)c(Br)c1C1(C)CCCN1. The molecule has 0 aliphatic carbocycles. The molecule has 0 amide bonds. The predicted octanol–water partition coefficient (Wildman–Crippen LogP) is 3.50. The van der Waals surface area contributed by atoms with Crippen LogP contribution in [0.2, 0.25) is 0 Å². The van der Waals surface area contributed by atoms with Crippen LogP contribution in [0.4, 0.5) is 4.39 Å². The van der Waals surface area contributed by atoms with E-state index < -0.39 is 0 Å². The maximum atomic E-state index is 13.5. The highest BCUT2D eigenvalue weighted by Crippen LogP contribution is 2.38. The summed E-state index contributed by atoms with van der Waals surface area (Å²) in [6.07, 6.45) is 2.22. The van der Waals surface area contributed by atoms with E-state index in [1.807, 2.05) is 13.0 Å². The summed E-state index contributed by atoms with van der Waals surface area (Å²) in [6.45, 7) is 5.19. The van der Waals surface area contributed by atoms with Crippen molar-refractivity contribution in [3.05, 3.63) is 33.5 Å². The smallest absolute Gasteiger partial charge is 0.137 e. The van der Waals surface area contributed by atoms with Gasteiger partial charge in [0.25, 0.3) is 0 Å². The van der Waals surface area contributed by atoms with Crippen LogP contribution >= 0.6 is 15.9 Å². The molecule has 0 aromatic heterocycles. The molecule has 3 heteroatoms. The molecular weight excluding hydrogens is 257 g/mol. The van der Waals surface area contributed by atoms with E-state index in [9.17, 15) is 4.39 Å². The van der Waals surface area contributed by atoms with E-state index >= 15 is 0 Å². The van der Waals surface area contributed by atoms with Crippen LogP contribution in [-0.2, 0) is 5.54 Å². The molecule has 1 heterocycles. The molecule has 1 aromatic rings. The van der Waals surface area contributed by atoms with Crippen molar-refractivity contribution in [3.8, 4) is 0 Å². The second-order valence-electron chi connectivity index (χ2n) is 4.42. The fourth-order valence-electron chi connectivity index (χ4n) is 2.43. The van der Waals surface area contributed by atoms with Gasteiger partial charge >= 0.3 is 0 Å². The molecule has 1 saturated heterocycles. The fraction of sp³-hybridized carbons (Fsp3) is 0.500. The molecule has 0 bridgehead atoms. The lowest BCUT2D eigenvalue weighted by atomic mass is 9.87. The van der Waals surface area contributed by atoms with Crippen LogP contribution in [-0.4, -0.2) is 6.54 Å². The van der Waals surface area contributed by atoms with Crippen molar-refractivity contribution >= 4 is 15.9 Å². The van der Waals surface area contributed by atoms with Crippen molar-refractivity contribution in [2.45, 2.75) is 32.2 Å². The highest BCUT2D eigenvalue weighted by molar-refractivity contribution is 9.10. The van der Waals surface area contributed by atoms with Crippen molar-refractivity contribution in [1.29, 1.82) is 0 Å². The minimum absolute atomic E-state index is 0.0784.